The first-order valence-electron chi connectivity index (χ1n) is 10.8. The molecule has 5 heteroatoms. The van der Waals surface area contributed by atoms with Crippen molar-refractivity contribution in [2.75, 3.05) is 11.9 Å². The molecule has 5 nitrogen and oxygen atoms in total. The van der Waals surface area contributed by atoms with E-state index < -0.39 is 0 Å². The second kappa shape index (κ2) is 9.94. The molecule has 2 amide bonds. The number of nitrogens with one attached hydrogen (secondary N) is 2. The van der Waals surface area contributed by atoms with Crippen molar-refractivity contribution < 1.29 is 4.79 Å². The maximum Gasteiger partial charge on any atom is 0.319 e. The molecule has 0 unspecified atom stereocenters. The molecule has 0 saturated heterocycles. The number of imidazole rings is 1. The molecular weight excluding hydrogens is 384 g/mol. The van der Waals surface area contributed by atoms with Crippen molar-refractivity contribution in [3.63, 3.8) is 0 Å². The van der Waals surface area contributed by atoms with Crippen LogP contribution in [0.25, 0.3) is 11.0 Å². The van der Waals surface area contributed by atoms with Crippen molar-refractivity contribution in [2.24, 2.45) is 0 Å². The first-order chi connectivity index (χ1) is 15.2. The molecule has 0 aliphatic heterocycles. The Morgan fingerprint density at radius 1 is 0.871 bits per heavy atom. The average Bonchev–Trinajstić information content (AvgIpc) is 3.16. The number of urea groups is 1. The minimum atomic E-state index is -0.195. The van der Waals surface area contributed by atoms with Crippen LogP contribution in [-0.2, 0) is 25.8 Å². The molecule has 0 saturated carbocycles. The maximum atomic E-state index is 12.3. The van der Waals surface area contributed by atoms with Crippen LogP contribution in [0.15, 0.2) is 78.9 Å². The fraction of sp³-hybridized carbons (Fsp3) is 0.231. The molecule has 0 spiro atoms. The summed E-state index contributed by atoms with van der Waals surface area (Å²) in [6, 6.07) is 26.4. The lowest BCUT2D eigenvalue weighted by molar-refractivity contribution is 0.251. The minimum Gasteiger partial charge on any atom is -0.336 e. The number of hydrogen-bond donors (Lipinski definition) is 2. The molecule has 31 heavy (non-hydrogen) atoms. The molecule has 0 aliphatic carbocycles. The lowest BCUT2D eigenvalue weighted by Gasteiger charge is -2.12. The van der Waals surface area contributed by atoms with E-state index in [0.717, 1.165) is 41.8 Å². The molecule has 4 rings (SSSR count). The number of anilines is 1. The number of carbonyl (C=O) groups is 1. The third-order valence-electron chi connectivity index (χ3n) is 5.45. The van der Waals surface area contributed by atoms with Gasteiger partial charge in [0.1, 0.15) is 5.82 Å². The number of aromatic nitrogens is 2. The van der Waals surface area contributed by atoms with Gasteiger partial charge < -0.3 is 15.2 Å². The fourth-order valence-electron chi connectivity index (χ4n) is 3.75. The summed E-state index contributed by atoms with van der Waals surface area (Å²) in [5.74, 6) is 1.04. The van der Waals surface area contributed by atoms with Crippen LogP contribution in [0, 0.1) is 0 Å². The van der Waals surface area contributed by atoms with Crippen LogP contribution in [-0.4, -0.2) is 22.1 Å². The molecule has 158 valence electrons. The van der Waals surface area contributed by atoms with Gasteiger partial charge in [0.05, 0.1) is 11.0 Å². The van der Waals surface area contributed by atoms with Gasteiger partial charge >= 0.3 is 6.03 Å². The second-order valence-corrected chi connectivity index (χ2v) is 7.59. The maximum absolute atomic E-state index is 12.3. The SMILES string of the molecule is CCc1ccc(NC(=O)NCCn2c(CCc3ccccc3)nc3ccccc32)cc1. The van der Waals surface area contributed by atoms with E-state index in [1.165, 1.54) is 11.1 Å². The summed E-state index contributed by atoms with van der Waals surface area (Å²) < 4.78 is 2.22. The number of amides is 2. The zero-order valence-electron chi connectivity index (χ0n) is 17.8. The summed E-state index contributed by atoms with van der Waals surface area (Å²) >= 11 is 0. The van der Waals surface area contributed by atoms with Gasteiger partial charge in [-0.15, -0.1) is 0 Å². The summed E-state index contributed by atoms with van der Waals surface area (Å²) in [6.07, 6.45) is 2.78. The highest BCUT2D eigenvalue weighted by Crippen LogP contribution is 2.17. The first kappa shape index (κ1) is 20.7. The number of rotatable bonds is 8. The number of fused-ring (bicyclic) bond motifs is 1. The Kier molecular flexibility index (Phi) is 6.62. The highest BCUT2D eigenvalue weighted by molar-refractivity contribution is 5.89. The smallest absolute Gasteiger partial charge is 0.319 e. The van der Waals surface area contributed by atoms with Crippen molar-refractivity contribution in [1.29, 1.82) is 0 Å². The number of para-hydroxylation sites is 2. The van der Waals surface area contributed by atoms with E-state index in [-0.39, 0.29) is 6.03 Å². The number of benzene rings is 3. The summed E-state index contributed by atoms with van der Waals surface area (Å²) in [4.78, 5) is 17.2. The number of aryl methyl sites for hydroxylation is 3. The zero-order valence-corrected chi connectivity index (χ0v) is 17.8. The quantitative estimate of drug-likeness (QED) is 0.418. The Hall–Kier alpha value is -3.60. The number of carbonyl (C=O) groups excluding carboxylic acids is 1. The fourth-order valence-corrected chi connectivity index (χ4v) is 3.75. The van der Waals surface area contributed by atoms with E-state index in [0.29, 0.717) is 13.1 Å². The van der Waals surface area contributed by atoms with Gasteiger partial charge in [-0.25, -0.2) is 9.78 Å². The molecule has 2 N–H and O–H groups in total. The van der Waals surface area contributed by atoms with Crippen LogP contribution in [0.1, 0.15) is 23.9 Å². The molecule has 0 aliphatic rings. The first-order valence-corrected chi connectivity index (χ1v) is 10.8. The zero-order chi connectivity index (χ0) is 21.5. The third kappa shape index (κ3) is 5.31. The van der Waals surface area contributed by atoms with Gasteiger partial charge in [0.2, 0.25) is 0 Å². The minimum absolute atomic E-state index is 0.195. The Morgan fingerprint density at radius 2 is 1.61 bits per heavy atom. The Balaban J connectivity index is 1.39. The summed E-state index contributed by atoms with van der Waals surface area (Å²) in [6.45, 7) is 3.31. The molecule has 0 fully saturated rings. The molecule has 1 aromatic heterocycles. The van der Waals surface area contributed by atoms with Crippen LogP contribution in [0.4, 0.5) is 10.5 Å². The normalized spacial score (nSPS) is 10.9. The molecule has 1 heterocycles. The van der Waals surface area contributed by atoms with Crippen molar-refractivity contribution in [2.45, 2.75) is 32.7 Å². The van der Waals surface area contributed by atoms with Crippen molar-refractivity contribution in [3.8, 4) is 0 Å². The van der Waals surface area contributed by atoms with Crippen LogP contribution < -0.4 is 10.6 Å². The third-order valence-corrected chi connectivity index (χ3v) is 5.45. The summed E-state index contributed by atoms with van der Waals surface area (Å²) in [5, 5.41) is 5.86. The average molecular weight is 413 g/mol. The van der Waals surface area contributed by atoms with E-state index in [9.17, 15) is 4.79 Å². The van der Waals surface area contributed by atoms with E-state index in [1.54, 1.807) is 0 Å². The van der Waals surface area contributed by atoms with Crippen LogP contribution >= 0.6 is 0 Å². The summed E-state index contributed by atoms with van der Waals surface area (Å²) in [5.41, 5.74) is 5.44. The van der Waals surface area contributed by atoms with Gasteiger partial charge in [0, 0.05) is 25.2 Å². The topological polar surface area (TPSA) is 59.0 Å². The largest absolute Gasteiger partial charge is 0.336 e. The molecule has 4 aromatic rings. The van der Waals surface area contributed by atoms with Gasteiger partial charge in [-0.2, -0.15) is 0 Å². The van der Waals surface area contributed by atoms with E-state index >= 15 is 0 Å². The lowest BCUT2D eigenvalue weighted by Crippen LogP contribution is -2.31. The van der Waals surface area contributed by atoms with Crippen LogP contribution in [0.2, 0.25) is 0 Å². The number of hydrogen-bond acceptors (Lipinski definition) is 2. The molecule has 0 atom stereocenters. The Morgan fingerprint density at radius 3 is 2.39 bits per heavy atom. The van der Waals surface area contributed by atoms with E-state index in [4.69, 9.17) is 4.98 Å². The van der Waals surface area contributed by atoms with Gasteiger partial charge in [0.15, 0.2) is 0 Å². The van der Waals surface area contributed by atoms with Gasteiger partial charge in [-0.1, -0.05) is 61.5 Å². The highest BCUT2D eigenvalue weighted by atomic mass is 16.2. The van der Waals surface area contributed by atoms with Gasteiger partial charge in [-0.3, -0.25) is 0 Å². The highest BCUT2D eigenvalue weighted by Gasteiger charge is 2.11. The Bertz CT molecular complexity index is 1130. The lowest BCUT2D eigenvalue weighted by atomic mass is 10.1. The standard InChI is InChI=1S/C26H28N4O/c1-2-20-12-15-22(16-13-20)28-26(31)27-18-19-30-24-11-7-6-10-23(24)29-25(30)17-14-21-8-4-3-5-9-21/h3-13,15-16H,2,14,17-19H2,1H3,(H2,27,28,31). The summed E-state index contributed by atoms with van der Waals surface area (Å²) in [7, 11) is 0. The van der Waals surface area contributed by atoms with Crippen molar-refractivity contribution >= 4 is 22.8 Å². The monoisotopic (exact) mass is 412 g/mol. The van der Waals surface area contributed by atoms with Gasteiger partial charge in [0.25, 0.3) is 0 Å². The predicted molar refractivity (Wildman–Crippen MR) is 126 cm³/mol. The molecular formula is C26H28N4O. The second-order valence-electron chi connectivity index (χ2n) is 7.59. The molecule has 3 aromatic carbocycles. The Labute approximate surface area is 183 Å². The van der Waals surface area contributed by atoms with Gasteiger partial charge in [-0.05, 0) is 48.2 Å². The van der Waals surface area contributed by atoms with Crippen molar-refractivity contribution in [3.05, 3.63) is 95.8 Å². The van der Waals surface area contributed by atoms with E-state index in [1.807, 2.05) is 48.5 Å². The molecule has 0 radical (unpaired) electrons. The van der Waals surface area contributed by atoms with Crippen molar-refractivity contribution in [1.82, 2.24) is 14.9 Å². The number of nitrogens with zero attached hydrogens (tertiary/aromatic N) is 2. The van der Waals surface area contributed by atoms with E-state index in [2.05, 4.69) is 52.5 Å². The molecule has 0 bridgehead atoms. The predicted octanol–water partition coefficient (Wildman–Crippen LogP) is 5.21. The van der Waals surface area contributed by atoms with Crippen LogP contribution in [0.5, 0.6) is 0 Å². The van der Waals surface area contributed by atoms with Crippen LogP contribution in [0.3, 0.4) is 0 Å².